The molecule has 0 aliphatic carbocycles. The van der Waals surface area contributed by atoms with Crippen LogP contribution >= 0.6 is 11.3 Å². The van der Waals surface area contributed by atoms with Crippen LogP contribution in [-0.4, -0.2) is 16.8 Å². The monoisotopic (exact) mass is 286 g/mol. The van der Waals surface area contributed by atoms with E-state index in [1.807, 2.05) is 29.2 Å². The molecule has 1 atom stereocenters. The van der Waals surface area contributed by atoms with E-state index in [-0.39, 0.29) is 18.1 Å². The molecule has 3 rings (SSSR count). The molecule has 0 saturated carbocycles. The van der Waals surface area contributed by atoms with Crippen molar-refractivity contribution < 1.29 is 4.79 Å². The van der Waals surface area contributed by atoms with Crippen molar-refractivity contribution in [2.75, 3.05) is 5.32 Å². The summed E-state index contributed by atoms with van der Waals surface area (Å²) in [6, 6.07) is 12.1. The Balaban J connectivity index is 2.08. The van der Waals surface area contributed by atoms with E-state index in [9.17, 15) is 4.79 Å². The molecule has 3 nitrogen and oxygen atoms in total. The fourth-order valence-electron chi connectivity index (χ4n) is 2.61. The molecule has 0 fully saturated rings. The van der Waals surface area contributed by atoms with Gasteiger partial charge in [0.2, 0.25) is 0 Å². The van der Waals surface area contributed by atoms with Crippen molar-refractivity contribution >= 4 is 22.9 Å². The van der Waals surface area contributed by atoms with Crippen LogP contribution in [0.1, 0.15) is 40.1 Å². The van der Waals surface area contributed by atoms with Crippen LogP contribution in [0.4, 0.5) is 5.69 Å². The number of carbonyl (C=O) groups excluding carboxylic acids is 1. The van der Waals surface area contributed by atoms with Gasteiger partial charge in [-0.05, 0) is 45.0 Å². The molecule has 4 heteroatoms. The molecule has 0 bridgehead atoms. The third kappa shape index (κ3) is 2.10. The smallest absolute Gasteiger partial charge is 0.258 e. The van der Waals surface area contributed by atoms with Crippen LogP contribution in [0.3, 0.4) is 0 Å². The lowest BCUT2D eigenvalue weighted by Gasteiger charge is -2.40. The number of aryl methyl sites for hydroxylation is 1. The normalized spacial score (nSPS) is 18.1. The molecule has 1 unspecified atom stereocenters. The van der Waals surface area contributed by atoms with Crippen molar-refractivity contribution in [1.82, 2.24) is 4.90 Å². The van der Waals surface area contributed by atoms with Crippen molar-refractivity contribution in [3.8, 4) is 0 Å². The van der Waals surface area contributed by atoms with E-state index in [1.165, 1.54) is 9.75 Å². The Kier molecular flexibility index (Phi) is 3.26. The summed E-state index contributed by atoms with van der Waals surface area (Å²) < 4.78 is 0. The van der Waals surface area contributed by atoms with Gasteiger partial charge < -0.3 is 10.2 Å². The number of rotatable bonds is 2. The van der Waals surface area contributed by atoms with E-state index >= 15 is 0 Å². The highest BCUT2D eigenvalue weighted by molar-refractivity contribution is 7.12. The summed E-state index contributed by atoms with van der Waals surface area (Å²) >= 11 is 1.74. The van der Waals surface area contributed by atoms with E-state index in [0.717, 1.165) is 11.3 Å². The summed E-state index contributed by atoms with van der Waals surface area (Å²) in [5.41, 5.74) is 1.68. The predicted octanol–water partition coefficient (Wildman–Crippen LogP) is 4.03. The van der Waals surface area contributed by atoms with E-state index in [0.29, 0.717) is 0 Å². The minimum atomic E-state index is -0.0731. The average Bonchev–Trinajstić information content (AvgIpc) is 2.84. The quantitative estimate of drug-likeness (QED) is 0.904. The van der Waals surface area contributed by atoms with Crippen molar-refractivity contribution in [3.63, 3.8) is 0 Å². The molecule has 20 heavy (non-hydrogen) atoms. The summed E-state index contributed by atoms with van der Waals surface area (Å²) in [6.45, 7) is 6.20. The molecule has 1 aliphatic heterocycles. The van der Waals surface area contributed by atoms with E-state index in [4.69, 9.17) is 0 Å². The molecule has 1 aliphatic rings. The summed E-state index contributed by atoms with van der Waals surface area (Å²) in [5, 5.41) is 3.50. The first kappa shape index (κ1) is 13.2. The topological polar surface area (TPSA) is 32.3 Å². The molecule has 1 aromatic carbocycles. The zero-order valence-corrected chi connectivity index (χ0v) is 12.7. The van der Waals surface area contributed by atoms with E-state index < -0.39 is 0 Å². The third-order valence-corrected chi connectivity index (χ3v) is 4.60. The number of thiophene rings is 1. The zero-order valence-electron chi connectivity index (χ0n) is 11.9. The summed E-state index contributed by atoms with van der Waals surface area (Å²) in [5.74, 6) is 0.102. The second kappa shape index (κ2) is 4.94. The number of hydrogen-bond donors (Lipinski definition) is 1. The van der Waals surface area contributed by atoms with E-state index in [2.05, 4.69) is 38.2 Å². The van der Waals surface area contributed by atoms with Gasteiger partial charge >= 0.3 is 0 Å². The number of amides is 1. The van der Waals surface area contributed by atoms with Crippen LogP contribution < -0.4 is 5.32 Å². The number of fused-ring (bicyclic) bond motifs is 1. The van der Waals surface area contributed by atoms with Gasteiger partial charge in [-0.15, -0.1) is 11.3 Å². The van der Waals surface area contributed by atoms with Gasteiger partial charge in [-0.25, -0.2) is 0 Å². The number of nitrogens with zero attached hydrogens (tertiary/aromatic N) is 1. The van der Waals surface area contributed by atoms with Crippen molar-refractivity contribution in [2.24, 2.45) is 0 Å². The second-order valence-electron chi connectivity index (χ2n) is 5.35. The van der Waals surface area contributed by atoms with Crippen LogP contribution in [0.5, 0.6) is 0 Å². The largest absolute Gasteiger partial charge is 0.360 e. The minimum Gasteiger partial charge on any atom is -0.360 e. The molecule has 104 valence electrons. The summed E-state index contributed by atoms with van der Waals surface area (Å²) in [6.07, 6.45) is -0.0731. The fourth-order valence-corrected chi connectivity index (χ4v) is 3.54. The van der Waals surface area contributed by atoms with E-state index in [1.54, 1.807) is 11.3 Å². The maximum Gasteiger partial charge on any atom is 0.258 e. The van der Waals surface area contributed by atoms with Gasteiger partial charge in [0.25, 0.3) is 5.91 Å². The van der Waals surface area contributed by atoms with Gasteiger partial charge in [0.1, 0.15) is 6.17 Å². The van der Waals surface area contributed by atoms with Gasteiger partial charge in [-0.1, -0.05) is 12.1 Å². The Hall–Kier alpha value is -1.81. The summed E-state index contributed by atoms with van der Waals surface area (Å²) in [7, 11) is 0. The van der Waals surface area contributed by atoms with Gasteiger partial charge in [0.15, 0.2) is 0 Å². The van der Waals surface area contributed by atoms with Crippen LogP contribution in [0.15, 0.2) is 36.4 Å². The molecule has 0 spiro atoms. The number of anilines is 1. The van der Waals surface area contributed by atoms with Crippen LogP contribution in [0.25, 0.3) is 0 Å². The number of para-hydroxylation sites is 1. The Bertz CT molecular complexity index is 647. The van der Waals surface area contributed by atoms with Crippen LogP contribution in [0, 0.1) is 6.92 Å². The number of hydrogen-bond acceptors (Lipinski definition) is 3. The van der Waals surface area contributed by atoms with Crippen molar-refractivity contribution in [2.45, 2.75) is 33.0 Å². The molecule has 1 amide bonds. The Morgan fingerprint density at radius 1 is 1.20 bits per heavy atom. The molecular weight excluding hydrogens is 268 g/mol. The number of carbonyl (C=O) groups is 1. The predicted molar refractivity (Wildman–Crippen MR) is 83.2 cm³/mol. The fraction of sp³-hybridized carbons (Fsp3) is 0.312. The lowest BCUT2D eigenvalue weighted by atomic mass is 10.1. The van der Waals surface area contributed by atoms with Gasteiger partial charge in [-0.2, -0.15) is 0 Å². The highest BCUT2D eigenvalue weighted by Gasteiger charge is 2.34. The van der Waals surface area contributed by atoms with Gasteiger partial charge in [0, 0.05) is 21.5 Å². The number of benzene rings is 1. The van der Waals surface area contributed by atoms with Crippen LogP contribution in [-0.2, 0) is 0 Å². The lowest BCUT2D eigenvalue weighted by Crippen LogP contribution is -2.46. The standard InChI is InChI=1S/C16H18N2OS/c1-10(2)18-15(14-9-8-11(3)20-14)17-13-7-5-4-6-12(13)16(18)19/h4-10,15,17H,1-3H3. The first-order valence-corrected chi connectivity index (χ1v) is 7.64. The molecule has 2 heterocycles. The molecular formula is C16H18N2OS. The van der Waals surface area contributed by atoms with Crippen LogP contribution in [0.2, 0.25) is 0 Å². The summed E-state index contributed by atoms with van der Waals surface area (Å²) in [4.78, 5) is 17.1. The Labute approximate surface area is 123 Å². The average molecular weight is 286 g/mol. The van der Waals surface area contributed by atoms with Gasteiger partial charge in [0.05, 0.1) is 5.56 Å². The maximum atomic E-state index is 12.7. The second-order valence-corrected chi connectivity index (χ2v) is 6.67. The SMILES string of the molecule is Cc1ccc(C2Nc3ccccc3C(=O)N2C(C)C)s1. The molecule has 0 radical (unpaired) electrons. The molecule has 0 saturated heterocycles. The molecule has 2 aromatic rings. The highest BCUT2D eigenvalue weighted by atomic mass is 32.1. The molecule has 1 N–H and O–H groups in total. The maximum absolute atomic E-state index is 12.7. The first-order valence-electron chi connectivity index (χ1n) is 6.82. The third-order valence-electron chi connectivity index (χ3n) is 3.55. The first-order chi connectivity index (χ1) is 9.58. The number of nitrogens with one attached hydrogen (secondary N) is 1. The highest BCUT2D eigenvalue weighted by Crippen LogP contribution is 2.36. The lowest BCUT2D eigenvalue weighted by molar-refractivity contribution is 0.0620. The zero-order chi connectivity index (χ0) is 14.3. The van der Waals surface area contributed by atoms with Gasteiger partial charge in [-0.3, -0.25) is 4.79 Å². The van der Waals surface area contributed by atoms with Crippen molar-refractivity contribution in [3.05, 3.63) is 51.7 Å². The Morgan fingerprint density at radius 3 is 2.60 bits per heavy atom. The molecule has 1 aromatic heterocycles. The van der Waals surface area contributed by atoms with Crippen molar-refractivity contribution in [1.29, 1.82) is 0 Å². The Morgan fingerprint density at radius 2 is 1.95 bits per heavy atom. The minimum absolute atomic E-state index is 0.0731.